The number of aryl methyl sites for hydroxylation is 1. The van der Waals surface area contributed by atoms with Gasteiger partial charge in [0.25, 0.3) is 5.91 Å². The molecule has 4 heterocycles. The van der Waals surface area contributed by atoms with Gasteiger partial charge in [0.15, 0.2) is 0 Å². The summed E-state index contributed by atoms with van der Waals surface area (Å²) in [6.45, 7) is 10.4. The molecule has 0 saturated carbocycles. The van der Waals surface area contributed by atoms with E-state index in [2.05, 4.69) is 70.6 Å². The van der Waals surface area contributed by atoms with Crippen LogP contribution in [0.4, 0.5) is 0 Å². The summed E-state index contributed by atoms with van der Waals surface area (Å²) in [6.07, 6.45) is 0.761. The molecule has 1 fully saturated rings. The number of hydrogen-bond acceptors (Lipinski definition) is 6. The Morgan fingerprint density at radius 3 is 2.55 bits per heavy atom. The molecule has 0 unspecified atom stereocenters. The van der Waals surface area contributed by atoms with Gasteiger partial charge in [0.1, 0.15) is 5.69 Å². The Hall–Kier alpha value is -2.61. The number of aromatic nitrogens is 2. The Labute approximate surface area is 202 Å². The van der Waals surface area contributed by atoms with Gasteiger partial charge < -0.3 is 5.32 Å². The summed E-state index contributed by atoms with van der Waals surface area (Å²) >= 11 is 3.35. The lowest BCUT2D eigenvalue weighted by Gasteiger charge is -2.47. The average Bonchev–Trinajstić information content (AvgIpc) is 3.39. The molecule has 170 valence electrons. The van der Waals surface area contributed by atoms with Crippen molar-refractivity contribution < 1.29 is 4.79 Å². The highest BCUT2D eigenvalue weighted by atomic mass is 32.1. The zero-order chi connectivity index (χ0) is 23.2. The van der Waals surface area contributed by atoms with Crippen LogP contribution in [0.3, 0.4) is 0 Å². The highest BCUT2D eigenvalue weighted by Gasteiger charge is 2.35. The Balaban J connectivity index is 1.33. The Morgan fingerprint density at radius 2 is 1.88 bits per heavy atom. The molecule has 1 aliphatic heterocycles. The van der Waals surface area contributed by atoms with E-state index < -0.39 is 0 Å². The number of carbonyl (C=O) groups excluding carboxylic acids is 1. The Kier molecular flexibility index (Phi) is 5.80. The molecule has 1 aliphatic rings. The third-order valence-corrected chi connectivity index (χ3v) is 7.90. The van der Waals surface area contributed by atoms with Crippen molar-refractivity contribution in [2.24, 2.45) is 0 Å². The van der Waals surface area contributed by atoms with Gasteiger partial charge in [-0.05, 0) is 62.8 Å². The molecule has 1 N–H and O–H groups in total. The summed E-state index contributed by atoms with van der Waals surface area (Å²) in [5, 5.41) is 8.38. The number of benzene rings is 1. The van der Waals surface area contributed by atoms with Crippen LogP contribution in [0.5, 0.6) is 0 Å². The number of rotatable bonds is 5. The normalized spacial score (nSPS) is 15.0. The number of thiophene rings is 1. The highest BCUT2D eigenvalue weighted by molar-refractivity contribution is 7.17. The van der Waals surface area contributed by atoms with E-state index in [-0.39, 0.29) is 17.5 Å². The fraction of sp³-hybridized carbons (Fsp3) is 0.346. The van der Waals surface area contributed by atoms with Gasteiger partial charge in [-0.1, -0.05) is 24.3 Å². The molecule has 7 heteroatoms. The van der Waals surface area contributed by atoms with Crippen molar-refractivity contribution in [3.63, 3.8) is 0 Å². The highest BCUT2D eigenvalue weighted by Crippen LogP contribution is 2.28. The van der Waals surface area contributed by atoms with Crippen molar-refractivity contribution in [2.45, 2.75) is 45.7 Å². The van der Waals surface area contributed by atoms with Crippen molar-refractivity contribution in [1.29, 1.82) is 0 Å². The second kappa shape index (κ2) is 8.63. The van der Waals surface area contributed by atoms with Crippen LogP contribution in [0.15, 0.2) is 47.2 Å². The second-order valence-electron chi connectivity index (χ2n) is 9.67. The predicted molar refractivity (Wildman–Crippen MR) is 137 cm³/mol. The zero-order valence-electron chi connectivity index (χ0n) is 19.4. The summed E-state index contributed by atoms with van der Waals surface area (Å²) in [7, 11) is 0. The SMILES string of the molecule is Cc1nc(-c2ccc(Cc3cc(C(=O)NC4CN(C(C)(C)C)C4)nc4ccsc34)cc2)cs1. The molecule has 1 aromatic carbocycles. The number of amides is 1. The van der Waals surface area contributed by atoms with E-state index >= 15 is 0 Å². The van der Waals surface area contributed by atoms with Gasteiger partial charge in [-0.3, -0.25) is 9.69 Å². The number of thiazole rings is 1. The summed E-state index contributed by atoms with van der Waals surface area (Å²) < 4.78 is 1.15. The first-order valence-electron chi connectivity index (χ1n) is 11.2. The van der Waals surface area contributed by atoms with E-state index in [4.69, 9.17) is 0 Å². The monoisotopic (exact) mass is 476 g/mol. The number of nitrogens with one attached hydrogen (secondary N) is 1. The summed E-state index contributed by atoms with van der Waals surface area (Å²) in [5.74, 6) is -0.0860. The van der Waals surface area contributed by atoms with Gasteiger partial charge in [-0.2, -0.15) is 0 Å². The lowest BCUT2D eigenvalue weighted by Crippen LogP contribution is -2.64. The lowest BCUT2D eigenvalue weighted by molar-refractivity contribution is 0.0330. The van der Waals surface area contributed by atoms with E-state index in [1.165, 1.54) is 5.56 Å². The van der Waals surface area contributed by atoms with Gasteiger partial charge in [0.2, 0.25) is 0 Å². The lowest BCUT2D eigenvalue weighted by atomic mass is 9.97. The molecule has 0 spiro atoms. The molecule has 0 atom stereocenters. The summed E-state index contributed by atoms with van der Waals surface area (Å²) in [6, 6.07) is 12.7. The van der Waals surface area contributed by atoms with Crippen molar-refractivity contribution >= 4 is 38.8 Å². The largest absolute Gasteiger partial charge is 0.345 e. The predicted octanol–water partition coefficient (Wildman–Crippen LogP) is 5.53. The molecule has 5 nitrogen and oxygen atoms in total. The number of carbonyl (C=O) groups is 1. The topological polar surface area (TPSA) is 58.1 Å². The van der Waals surface area contributed by atoms with E-state index in [1.54, 1.807) is 22.7 Å². The smallest absolute Gasteiger partial charge is 0.270 e. The van der Waals surface area contributed by atoms with Crippen molar-refractivity contribution in [1.82, 2.24) is 20.2 Å². The molecule has 0 radical (unpaired) electrons. The van der Waals surface area contributed by atoms with Crippen molar-refractivity contribution in [3.05, 3.63) is 69.0 Å². The molecular weight excluding hydrogens is 448 g/mol. The second-order valence-corrected chi connectivity index (χ2v) is 11.7. The van der Waals surface area contributed by atoms with E-state index in [0.29, 0.717) is 5.69 Å². The standard InChI is InChI=1S/C26H28N4OS2/c1-16-27-23(15-33-16)18-7-5-17(6-8-18)11-19-12-22(29-21-9-10-32-24(19)21)25(31)28-20-13-30(14-20)26(2,3)4/h5-10,12,15,20H,11,13-14H2,1-4H3,(H,28,31). The van der Waals surface area contributed by atoms with Gasteiger partial charge in [-0.15, -0.1) is 22.7 Å². The quantitative estimate of drug-likeness (QED) is 0.411. The Bertz CT molecular complexity index is 1290. The molecule has 1 saturated heterocycles. The minimum atomic E-state index is -0.0860. The maximum absolute atomic E-state index is 13.0. The first-order chi connectivity index (χ1) is 15.8. The third-order valence-electron chi connectivity index (χ3n) is 6.15. The summed E-state index contributed by atoms with van der Waals surface area (Å²) in [5.41, 5.74) is 6.02. The van der Waals surface area contributed by atoms with Gasteiger partial charge in [0.05, 0.1) is 27.0 Å². The third kappa shape index (κ3) is 4.71. The number of fused-ring (bicyclic) bond motifs is 1. The molecule has 3 aromatic heterocycles. The maximum atomic E-state index is 13.0. The van der Waals surface area contributed by atoms with Crippen LogP contribution < -0.4 is 5.32 Å². The Morgan fingerprint density at radius 1 is 1.12 bits per heavy atom. The molecule has 0 aliphatic carbocycles. The van der Waals surface area contributed by atoms with Gasteiger partial charge in [-0.25, -0.2) is 9.97 Å². The van der Waals surface area contributed by atoms with Gasteiger partial charge >= 0.3 is 0 Å². The molecule has 1 amide bonds. The van der Waals surface area contributed by atoms with Gasteiger partial charge in [0, 0.05) is 29.6 Å². The van der Waals surface area contributed by atoms with Crippen LogP contribution in [0, 0.1) is 6.92 Å². The molecular formula is C26H28N4OS2. The van der Waals surface area contributed by atoms with E-state index in [9.17, 15) is 4.79 Å². The first-order valence-corrected chi connectivity index (χ1v) is 13.0. The first kappa shape index (κ1) is 22.2. The van der Waals surface area contributed by atoms with Crippen molar-refractivity contribution in [3.8, 4) is 11.3 Å². The average molecular weight is 477 g/mol. The number of likely N-dealkylation sites (tertiary alicyclic amines) is 1. The fourth-order valence-electron chi connectivity index (χ4n) is 4.16. The van der Waals surface area contributed by atoms with Crippen LogP contribution in [-0.4, -0.2) is 45.4 Å². The van der Waals surface area contributed by atoms with Crippen LogP contribution in [0.2, 0.25) is 0 Å². The summed E-state index contributed by atoms with van der Waals surface area (Å²) in [4.78, 5) is 24.6. The van der Waals surface area contributed by atoms with Crippen LogP contribution >= 0.6 is 22.7 Å². The van der Waals surface area contributed by atoms with E-state index in [1.807, 2.05) is 24.4 Å². The number of pyridine rings is 1. The molecule has 4 aromatic rings. The van der Waals surface area contributed by atoms with Crippen LogP contribution in [0.25, 0.3) is 21.5 Å². The number of hydrogen-bond donors (Lipinski definition) is 1. The molecule has 0 bridgehead atoms. The maximum Gasteiger partial charge on any atom is 0.270 e. The molecule has 5 rings (SSSR count). The van der Waals surface area contributed by atoms with Crippen molar-refractivity contribution in [2.75, 3.05) is 13.1 Å². The fourth-order valence-corrected chi connectivity index (χ4v) is 5.63. The van der Waals surface area contributed by atoms with Crippen LogP contribution in [0.1, 0.15) is 47.4 Å². The zero-order valence-corrected chi connectivity index (χ0v) is 21.0. The minimum absolute atomic E-state index is 0.0860. The van der Waals surface area contributed by atoms with Crippen LogP contribution in [-0.2, 0) is 6.42 Å². The number of nitrogens with zero attached hydrogens (tertiary/aromatic N) is 3. The van der Waals surface area contributed by atoms with E-state index in [0.717, 1.165) is 51.6 Å². The molecule has 33 heavy (non-hydrogen) atoms. The minimum Gasteiger partial charge on any atom is -0.345 e.